The van der Waals surface area contributed by atoms with E-state index in [0.29, 0.717) is 6.04 Å². The Labute approximate surface area is 114 Å². The van der Waals surface area contributed by atoms with Crippen LogP contribution in [0.1, 0.15) is 32.3 Å². The Morgan fingerprint density at radius 1 is 1.39 bits per heavy atom. The van der Waals surface area contributed by atoms with Gasteiger partial charge in [-0.3, -0.25) is 0 Å². The summed E-state index contributed by atoms with van der Waals surface area (Å²) in [6, 6.07) is 7.44. The molecule has 1 aromatic carbocycles. The average Bonchev–Trinajstić information content (AvgIpc) is 2.68. The number of aryl methyl sites for hydroxylation is 1. The van der Waals surface area contributed by atoms with Crippen LogP contribution in [0.2, 0.25) is 0 Å². The first-order valence-electron chi connectivity index (χ1n) is 6.90. The van der Waals surface area contributed by atoms with E-state index >= 15 is 0 Å². The number of fused-ring (bicyclic) bond motifs is 1. The van der Waals surface area contributed by atoms with Crippen molar-refractivity contribution in [2.75, 3.05) is 17.6 Å². The van der Waals surface area contributed by atoms with Crippen LogP contribution in [0.4, 0.5) is 5.69 Å². The van der Waals surface area contributed by atoms with Crippen molar-refractivity contribution in [3.8, 4) is 0 Å². The summed E-state index contributed by atoms with van der Waals surface area (Å²) in [5.41, 5.74) is 3.10. The summed E-state index contributed by atoms with van der Waals surface area (Å²) < 4.78 is 0. The number of benzene rings is 1. The third kappa shape index (κ3) is 2.67. The number of anilines is 1. The van der Waals surface area contributed by atoms with Gasteiger partial charge in [0.25, 0.3) is 0 Å². The third-order valence-corrected chi connectivity index (χ3v) is 5.07. The van der Waals surface area contributed by atoms with E-state index in [1.54, 1.807) is 0 Å². The second-order valence-corrected chi connectivity index (χ2v) is 7.22. The largest absolute Gasteiger partial charge is 0.381 e. The molecule has 0 saturated carbocycles. The van der Waals surface area contributed by atoms with Crippen LogP contribution >= 0.6 is 11.8 Å². The second-order valence-electron chi connectivity index (χ2n) is 6.08. The van der Waals surface area contributed by atoms with Crippen molar-refractivity contribution in [1.82, 2.24) is 5.32 Å². The van der Waals surface area contributed by atoms with Gasteiger partial charge in [0.1, 0.15) is 0 Å². The van der Waals surface area contributed by atoms with Gasteiger partial charge >= 0.3 is 0 Å². The summed E-state index contributed by atoms with van der Waals surface area (Å²) in [6.07, 6.45) is 3.75. The molecule has 0 radical (unpaired) electrons. The second kappa shape index (κ2) is 4.78. The van der Waals surface area contributed by atoms with E-state index in [1.165, 1.54) is 41.2 Å². The van der Waals surface area contributed by atoms with Crippen molar-refractivity contribution in [2.45, 2.75) is 49.6 Å². The van der Waals surface area contributed by atoms with Crippen LogP contribution in [0.3, 0.4) is 0 Å². The lowest BCUT2D eigenvalue weighted by Crippen LogP contribution is -2.31. The first kappa shape index (κ1) is 12.4. The van der Waals surface area contributed by atoms with Crippen LogP contribution in [-0.2, 0) is 6.42 Å². The van der Waals surface area contributed by atoms with Gasteiger partial charge in [-0.15, -0.1) is 11.8 Å². The molecule has 1 saturated heterocycles. The van der Waals surface area contributed by atoms with Gasteiger partial charge in [-0.1, -0.05) is 0 Å². The number of hydrogen-bond acceptors (Lipinski definition) is 3. The molecule has 0 aromatic heterocycles. The lowest BCUT2D eigenvalue weighted by molar-refractivity contribution is 0.457. The SMILES string of the molecule is CC1(C)CC(Nc2ccc3c(c2)CCCS3)CN1. The maximum absolute atomic E-state index is 3.67. The lowest BCUT2D eigenvalue weighted by atomic mass is 10.0. The van der Waals surface area contributed by atoms with Crippen molar-refractivity contribution in [3.63, 3.8) is 0 Å². The molecule has 2 aliphatic heterocycles. The van der Waals surface area contributed by atoms with Gasteiger partial charge in [0.15, 0.2) is 0 Å². The van der Waals surface area contributed by atoms with Crippen LogP contribution in [0, 0.1) is 0 Å². The zero-order chi connectivity index (χ0) is 12.6. The van der Waals surface area contributed by atoms with Gasteiger partial charge in [0.2, 0.25) is 0 Å². The van der Waals surface area contributed by atoms with E-state index in [1.807, 2.05) is 11.8 Å². The van der Waals surface area contributed by atoms with Gasteiger partial charge in [0.05, 0.1) is 0 Å². The van der Waals surface area contributed by atoms with Crippen molar-refractivity contribution in [2.24, 2.45) is 0 Å². The number of thioether (sulfide) groups is 1. The van der Waals surface area contributed by atoms with Crippen LogP contribution < -0.4 is 10.6 Å². The van der Waals surface area contributed by atoms with E-state index in [0.717, 1.165) is 6.54 Å². The molecule has 2 aliphatic rings. The molecule has 1 atom stereocenters. The lowest BCUT2D eigenvalue weighted by Gasteiger charge is -2.20. The summed E-state index contributed by atoms with van der Waals surface area (Å²) in [6.45, 7) is 5.62. The van der Waals surface area contributed by atoms with Crippen LogP contribution in [-0.4, -0.2) is 23.9 Å². The Morgan fingerprint density at radius 2 is 2.28 bits per heavy atom. The van der Waals surface area contributed by atoms with Gasteiger partial charge in [0, 0.05) is 28.7 Å². The van der Waals surface area contributed by atoms with Gasteiger partial charge in [-0.05, 0) is 62.6 Å². The molecule has 2 N–H and O–H groups in total. The molecule has 1 aromatic rings. The quantitative estimate of drug-likeness (QED) is 0.855. The Balaban J connectivity index is 1.70. The Hall–Kier alpha value is -0.670. The zero-order valence-electron chi connectivity index (χ0n) is 11.3. The maximum Gasteiger partial charge on any atom is 0.0403 e. The van der Waals surface area contributed by atoms with E-state index in [2.05, 4.69) is 42.7 Å². The molecule has 0 aliphatic carbocycles. The van der Waals surface area contributed by atoms with Crippen LogP contribution in [0.25, 0.3) is 0 Å². The Morgan fingerprint density at radius 3 is 3.06 bits per heavy atom. The minimum atomic E-state index is 0.279. The van der Waals surface area contributed by atoms with Crippen LogP contribution in [0.15, 0.2) is 23.1 Å². The fourth-order valence-electron chi connectivity index (χ4n) is 2.95. The summed E-state index contributed by atoms with van der Waals surface area (Å²) in [5, 5.41) is 7.24. The van der Waals surface area contributed by atoms with Gasteiger partial charge in [-0.2, -0.15) is 0 Å². The minimum absolute atomic E-state index is 0.279. The molecule has 1 fully saturated rings. The van der Waals surface area contributed by atoms with Crippen molar-refractivity contribution >= 4 is 17.4 Å². The van der Waals surface area contributed by atoms with Gasteiger partial charge < -0.3 is 10.6 Å². The number of rotatable bonds is 2. The summed E-state index contributed by atoms with van der Waals surface area (Å²) in [7, 11) is 0. The topological polar surface area (TPSA) is 24.1 Å². The number of hydrogen-bond donors (Lipinski definition) is 2. The third-order valence-electron chi connectivity index (χ3n) is 3.86. The van der Waals surface area contributed by atoms with Crippen molar-refractivity contribution in [1.29, 1.82) is 0 Å². The Bertz CT molecular complexity index is 442. The smallest absolute Gasteiger partial charge is 0.0403 e. The highest BCUT2D eigenvalue weighted by molar-refractivity contribution is 7.99. The molecule has 98 valence electrons. The predicted molar refractivity (Wildman–Crippen MR) is 79.6 cm³/mol. The summed E-state index contributed by atoms with van der Waals surface area (Å²) >= 11 is 2.00. The molecular weight excluding hydrogens is 240 g/mol. The van der Waals surface area contributed by atoms with E-state index in [9.17, 15) is 0 Å². The first-order chi connectivity index (χ1) is 8.62. The molecule has 2 nitrogen and oxygen atoms in total. The average molecular weight is 262 g/mol. The van der Waals surface area contributed by atoms with Crippen molar-refractivity contribution < 1.29 is 0 Å². The van der Waals surface area contributed by atoms with E-state index in [4.69, 9.17) is 0 Å². The molecular formula is C15H22N2S. The van der Waals surface area contributed by atoms with Crippen molar-refractivity contribution in [3.05, 3.63) is 23.8 Å². The van der Waals surface area contributed by atoms with E-state index < -0.39 is 0 Å². The molecule has 18 heavy (non-hydrogen) atoms. The van der Waals surface area contributed by atoms with E-state index in [-0.39, 0.29) is 5.54 Å². The summed E-state index contributed by atoms with van der Waals surface area (Å²) in [4.78, 5) is 1.48. The standard InChI is InChI=1S/C15H22N2S/c1-15(2)9-13(10-16-15)17-12-5-6-14-11(8-12)4-3-7-18-14/h5-6,8,13,16-17H,3-4,7,9-10H2,1-2H3. The highest BCUT2D eigenvalue weighted by atomic mass is 32.2. The maximum atomic E-state index is 3.67. The monoisotopic (exact) mass is 262 g/mol. The summed E-state index contributed by atoms with van der Waals surface area (Å²) in [5.74, 6) is 1.28. The Kier molecular flexibility index (Phi) is 3.29. The first-order valence-corrected chi connectivity index (χ1v) is 7.88. The molecule has 0 amide bonds. The zero-order valence-corrected chi connectivity index (χ0v) is 12.1. The molecule has 3 rings (SSSR count). The van der Waals surface area contributed by atoms with Crippen LogP contribution in [0.5, 0.6) is 0 Å². The minimum Gasteiger partial charge on any atom is -0.381 e. The highest BCUT2D eigenvalue weighted by Gasteiger charge is 2.30. The fourth-order valence-corrected chi connectivity index (χ4v) is 3.97. The highest BCUT2D eigenvalue weighted by Crippen LogP contribution is 2.32. The van der Waals surface area contributed by atoms with Gasteiger partial charge in [-0.25, -0.2) is 0 Å². The molecule has 2 heterocycles. The normalized spacial score (nSPS) is 25.8. The fraction of sp³-hybridized carbons (Fsp3) is 0.600. The number of nitrogens with one attached hydrogen (secondary N) is 2. The molecule has 1 unspecified atom stereocenters. The molecule has 3 heteroatoms. The predicted octanol–water partition coefficient (Wildman–Crippen LogP) is 3.28. The molecule has 0 spiro atoms. The molecule has 0 bridgehead atoms.